The molecule has 0 radical (unpaired) electrons. The Kier molecular flexibility index (Phi) is 6.37. The number of thiophene rings is 1. The molecule has 2 aromatic heterocycles. The number of amides is 2. The first-order valence-corrected chi connectivity index (χ1v) is 8.14. The fraction of sp³-hybridized carbons (Fsp3) is 0.375. The van der Waals surface area contributed by atoms with Crippen molar-refractivity contribution in [2.24, 2.45) is 0 Å². The fourth-order valence-corrected chi connectivity index (χ4v) is 2.70. The second-order valence-corrected chi connectivity index (χ2v) is 5.94. The summed E-state index contributed by atoms with van der Waals surface area (Å²) in [6, 6.07) is 7.31. The minimum absolute atomic E-state index is 0.0135. The fourth-order valence-electron chi connectivity index (χ4n) is 1.88. The van der Waals surface area contributed by atoms with Gasteiger partial charge in [-0.05, 0) is 24.4 Å². The molecule has 7 heteroatoms. The maximum absolute atomic E-state index is 12.3. The second-order valence-electron chi connectivity index (χ2n) is 4.96. The van der Waals surface area contributed by atoms with Gasteiger partial charge in [-0.2, -0.15) is 0 Å². The lowest BCUT2D eigenvalue weighted by molar-refractivity contribution is 0.144. The van der Waals surface area contributed by atoms with E-state index in [4.69, 9.17) is 9.47 Å². The normalized spacial score (nSPS) is 11.8. The molecule has 0 fully saturated rings. The Balaban J connectivity index is 1.89. The first-order valence-electron chi connectivity index (χ1n) is 7.27. The number of aromatic nitrogens is 1. The smallest absolute Gasteiger partial charge is 0.322 e. The van der Waals surface area contributed by atoms with E-state index in [2.05, 4.69) is 10.3 Å². The molecular weight excluding hydrogens is 314 g/mol. The first kappa shape index (κ1) is 17.2. The van der Waals surface area contributed by atoms with Crippen molar-refractivity contribution in [1.82, 2.24) is 9.88 Å². The monoisotopic (exact) mass is 335 g/mol. The Morgan fingerprint density at radius 3 is 2.83 bits per heavy atom. The standard InChI is InChI=1S/C16H21N3O3S/c1-12(14-5-4-10-23-14)19(2)16(20)18-13-6-7-15(17-11-13)22-9-8-21-3/h4-7,10-12H,8-9H2,1-3H3,(H,18,20). The van der Waals surface area contributed by atoms with Crippen LogP contribution < -0.4 is 10.1 Å². The lowest BCUT2D eigenvalue weighted by Gasteiger charge is -2.24. The zero-order valence-electron chi connectivity index (χ0n) is 13.5. The molecule has 2 amide bonds. The molecule has 1 unspecified atom stereocenters. The molecule has 0 bridgehead atoms. The summed E-state index contributed by atoms with van der Waals surface area (Å²) in [7, 11) is 3.39. The number of rotatable bonds is 7. The molecule has 124 valence electrons. The summed E-state index contributed by atoms with van der Waals surface area (Å²) >= 11 is 1.63. The molecule has 1 N–H and O–H groups in total. The number of anilines is 1. The Bertz CT molecular complexity index is 602. The maximum atomic E-state index is 12.3. The van der Waals surface area contributed by atoms with Gasteiger partial charge < -0.3 is 19.7 Å². The third-order valence-corrected chi connectivity index (χ3v) is 4.42. The van der Waals surface area contributed by atoms with Crippen LogP contribution in [0, 0.1) is 0 Å². The van der Waals surface area contributed by atoms with E-state index in [-0.39, 0.29) is 12.1 Å². The molecule has 0 aliphatic heterocycles. The van der Waals surface area contributed by atoms with Crippen LogP contribution in [0.15, 0.2) is 35.8 Å². The van der Waals surface area contributed by atoms with Gasteiger partial charge in [0.1, 0.15) is 6.61 Å². The number of nitrogens with zero attached hydrogens (tertiary/aromatic N) is 2. The lowest BCUT2D eigenvalue weighted by atomic mass is 10.2. The van der Waals surface area contributed by atoms with Gasteiger partial charge in [0.05, 0.1) is 24.5 Å². The minimum Gasteiger partial charge on any atom is -0.475 e. The van der Waals surface area contributed by atoms with Crippen molar-refractivity contribution in [2.75, 3.05) is 32.7 Å². The number of pyridine rings is 1. The van der Waals surface area contributed by atoms with E-state index in [1.807, 2.05) is 24.4 Å². The lowest BCUT2D eigenvalue weighted by Crippen LogP contribution is -2.33. The molecule has 0 saturated heterocycles. The van der Waals surface area contributed by atoms with Crippen molar-refractivity contribution in [3.05, 3.63) is 40.7 Å². The summed E-state index contributed by atoms with van der Waals surface area (Å²) in [5, 5.41) is 4.83. The summed E-state index contributed by atoms with van der Waals surface area (Å²) in [6.07, 6.45) is 1.57. The summed E-state index contributed by atoms with van der Waals surface area (Å²) in [5.74, 6) is 0.500. The summed E-state index contributed by atoms with van der Waals surface area (Å²) < 4.78 is 10.3. The van der Waals surface area contributed by atoms with E-state index in [9.17, 15) is 4.79 Å². The highest BCUT2D eigenvalue weighted by molar-refractivity contribution is 7.10. The number of urea groups is 1. The predicted octanol–water partition coefficient (Wildman–Crippen LogP) is 3.39. The Morgan fingerprint density at radius 1 is 1.39 bits per heavy atom. The number of hydrogen-bond donors (Lipinski definition) is 1. The molecule has 0 saturated carbocycles. The predicted molar refractivity (Wildman–Crippen MR) is 91.1 cm³/mol. The van der Waals surface area contributed by atoms with Crippen molar-refractivity contribution in [3.8, 4) is 5.88 Å². The number of carbonyl (C=O) groups is 1. The van der Waals surface area contributed by atoms with Gasteiger partial charge in [0, 0.05) is 25.1 Å². The highest BCUT2D eigenvalue weighted by atomic mass is 32.1. The van der Waals surface area contributed by atoms with Gasteiger partial charge in [-0.15, -0.1) is 11.3 Å². The minimum atomic E-state index is -0.180. The van der Waals surface area contributed by atoms with Crippen LogP contribution in [0.4, 0.5) is 10.5 Å². The Morgan fingerprint density at radius 2 is 2.22 bits per heavy atom. The molecule has 2 aromatic rings. The average Bonchev–Trinajstić information content (AvgIpc) is 3.09. The van der Waals surface area contributed by atoms with E-state index in [1.54, 1.807) is 48.7 Å². The number of ether oxygens (including phenoxy) is 2. The van der Waals surface area contributed by atoms with Crippen LogP contribution in [0.1, 0.15) is 17.8 Å². The van der Waals surface area contributed by atoms with Gasteiger partial charge in [0.25, 0.3) is 0 Å². The Labute approximate surface area is 140 Å². The van der Waals surface area contributed by atoms with E-state index >= 15 is 0 Å². The SMILES string of the molecule is COCCOc1ccc(NC(=O)N(C)C(C)c2cccs2)cn1. The molecule has 2 rings (SSSR count). The molecule has 0 spiro atoms. The number of hydrogen-bond acceptors (Lipinski definition) is 5. The van der Waals surface area contributed by atoms with Gasteiger partial charge >= 0.3 is 6.03 Å². The molecule has 23 heavy (non-hydrogen) atoms. The average molecular weight is 335 g/mol. The summed E-state index contributed by atoms with van der Waals surface area (Å²) in [6.45, 7) is 2.94. The summed E-state index contributed by atoms with van der Waals surface area (Å²) in [4.78, 5) is 19.2. The van der Waals surface area contributed by atoms with Crippen LogP contribution in [0.2, 0.25) is 0 Å². The largest absolute Gasteiger partial charge is 0.475 e. The quantitative estimate of drug-likeness (QED) is 0.788. The van der Waals surface area contributed by atoms with E-state index in [0.29, 0.717) is 24.8 Å². The molecular formula is C16H21N3O3S. The van der Waals surface area contributed by atoms with Gasteiger partial charge in [-0.3, -0.25) is 0 Å². The highest BCUT2D eigenvalue weighted by Crippen LogP contribution is 2.24. The van der Waals surface area contributed by atoms with Crippen molar-refractivity contribution >= 4 is 23.1 Å². The van der Waals surface area contributed by atoms with E-state index in [0.717, 1.165) is 4.88 Å². The van der Waals surface area contributed by atoms with Crippen LogP contribution in [-0.4, -0.2) is 43.3 Å². The molecule has 1 atom stereocenters. The summed E-state index contributed by atoms with van der Waals surface area (Å²) in [5.41, 5.74) is 0.624. The second kappa shape index (κ2) is 8.50. The van der Waals surface area contributed by atoms with Crippen LogP contribution in [0.5, 0.6) is 5.88 Å². The maximum Gasteiger partial charge on any atom is 0.322 e. The van der Waals surface area contributed by atoms with Gasteiger partial charge in [-0.1, -0.05) is 6.07 Å². The van der Waals surface area contributed by atoms with Gasteiger partial charge in [0.2, 0.25) is 5.88 Å². The first-order chi connectivity index (χ1) is 11.1. The van der Waals surface area contributed by atoms with Crippen LogP contribution in [0.25, 0.3) is 0 Å². The number of carbonyl (C=O) groups excluding carboxylic acids is 1. The topological polar surface area (TPSA) is 63.7 Å². The van der Waals surface area contributed by atoms with Crippen molar-refractivity contribution in [1.29, 1.82) is 0 Å². The molecule has 2 heterocycles. The van der Waals surface area contributed by atoms with E-state index < -0.39 is 0 Å². The van der Waals surface area contributed by atoms with Gasteiger partial charge in [0.15, 0.2) is 0 Å². The van der Waals surface area contributed by atoms with Gasteiger partial charge in [-0.25, -0.2) is 9.78 Å². The number of nitrogens with one attached hydrogen (secondary N) is 1. The molecule has 0 aliphatic carbocycles. The highest BCUT2D eigenvalue weighted by Gasteiger charge is 2.18. The van der Waals surface area contributed by atoms with Crippen molar-refractivity contribution < 1.29 is 14.3 Å². The number of methoxy groups -OCH3 is 1. The van der Waals surface area contributed by atoms with E-state index in [1.165, 1.54) is 0 Å². The van der Waals surface area contributed by atoms with Crippen molar-refractivity contribution in [2.45, 2.75) is 13.0 Å². The zero-order valence-corrected chi connectivity index (χ0v) is 14.3. The van der Waals surface area contributed by atoms with Crippen LogP contribution in [-0.2, 0) is 4.74 Å². The molecule has 0 aliphatic rings. The zero-order chi connectivity index (χ0) is 16.7. The third kappa shape index (κ3) is 4.94. The van der Waals surface area contributed by atoms with Crippen LogP contribution >= 0.6 is 11.3 Å². The Hall–Kier alpha value is -2.12. The van der Waals surface area contributed by atoms with Crippen molar-refractivity contribution in [3.63, 3.8) is 0 Å². The molecule has 6 nitrogen and oxygen atoms in total. The third-order valence-electron chi connectivity index (χ3n) is 3.38. The van der Waals surface area contributed by atoms with Crippen LogP contribution in [0.3, 0.4) is 0 Å². The molecule has 0 aromatic carbocycles.